The number of halogens is 1. The summed E-state index contributed by atoms with van der Waals surface area (Å²) in [6.07, 6.45) is -0.999. The van der Waals surface area contributed by atoms with E-state index >= 15 is 0 Å². The minimum absolute atomic E-state index is 0.129. The molecule has 1 rings (SSSR count). The molecule has 1 aromatic rings. The third-order valence-corrected chi connectivity index (χ3v) is 1.84. The Bertz CT molecular complexity index is 296. The van der Waals surface area contributed by atoms with Gasteiger partial charge in [0.15, 0.2) is 0 Å². The van der Waals surface area contributed by atoms with Crippen LogP contribution in [0.1, 0.15) is 11.8 Å². The van der Waals surface area contributed by atoms with Gasteiger partial charge in [-0.15, -0.1) is 0 Å². The van der Waals surface area contributed by atoms with E-state index in [4.69, 9.17) is 0 Å². The summed E-state index contributed by atoms with van der Waals surface area (Å²) in [6.45, 7) is 0.178. The number of hydrogen-bond acceptors (Lipinski definition) is 4. The molecule has 0 saturated heterocycles. The van der Waals surface area contributed by atoms with Gasteiger partial charge < -0.3 is 15.5 Å². The third kappa shape index (κ3) is 2.47. The summed E-state index contributed by atoms with van der Waals surface area (Å²) < 4.78 is 13.1. The molecular formula is C9H13FN2O2. The smallest absolute Gasteiger partial charge is 0.147 e. The number of pyridine rings is 1. The predicted molar refractivity (Wildman–Crippen MR) is 49.1 cm³/mol. The fourth-order valence-corrected chi connectivity index (χ4v) is 1.12. The molecule has 0 aliphatic carbocycles. The van der Waals surface area contributed by atoms with Crippen molar-refractivity contribution in [2.24, 2.45) is 0 Å². The van der Waals surface area contributed by atoms with Gasteiger partial charge in [-0.1, -0.05) is 0 Å². The van der Waals surface area contributed by atoms with Gasteiger partial charge in [-0.05, 0) is 19.2 Å². The summed E-state index contributed by atoms with van der Waals surface area (Å²) in [5, 5.41) is 21.6. The second kappa shape index (κ2) is 4.99. The number of aliphatic hydroxyl groups excluding tert-OH is 2. The number of aromatic nitrogens is 1. The van der Waals surface area contributed by atoms with Crippen molar-refractivity contribution in [1.82, 2.24) is 10.3 Å². The van der Waals surface area contributed by atoms with Gasteiger partial charge >= 0.3 is 0 Å². The maximum atomic E-state index is 13.1. The van der Waals surface area contributed by atoms with E-state index in [-0.39, 0.29) is 12.2 Å². The molecule has 0 aliphatic heterocycles. The summed E-state index contributed by atoms with van der Waals surface area (Å²) in [7, 11) is 1.63. The quantitative estimate of drug-likeness (QED) is 0.631. The van der Waals surface area contributed by atoms with Crippen molar-refractivity contribution >= 4 is 0 Å². The first-order valence-electron chi connectivity index (χ1n) is 4.28. The Labute approximate surface area is 81.4 Å². The average Bonchev–Trinajstić information content (AvgIpc) is 2.18. The Morgan fingerprint density at radius 2 is 2.29 bits per heavy atom. The predicted octanol–water partition coefficient (Wildman–Crippen LogP) is -0.166. The van der Waals surface area contributed by atoms with Crippen LogP contribution in [0.3, 0.4) is 0 Å². The molecule has 1 aromatic heterocycles. The van der Waals surface area contributed by atoms with Crippen LogP contribution in [0.25, 0.3) is 0 Å². The molecule has 1 heterocycles. The Morgan fingerprint density at radius 3 is 2.86 bits per heavy atom. The number of likely N-dealkylation sites (N-methyl/N-ethyl adjacent to an activating group) is 1. The van der Waals surface area contributed by atoms with Gasteiger partial charge in [-0.3, -0.25) is 4.98 Å². The van der Waals surface area contributed by atoms with Crippen LogP contribution in [-0.4, -0.2) is 34.9 Å². The highest BCUT2D eigenvalue weighted by Crippen LogP contribution is 2.16. The van der Waals surface area contributed by atoms with Crippen LogP contribution < -0.4 is 5.32 Å². The zero-order valence-electron chi connectivity index (χ0n) is 7.81. The summed E-state index contributed by atoms with van der Waals surface area (Å²) in [5.74, 6) is -0.616. The van der Waals surface area contributed by atoms with Crippen LogP contribution >= 0.6 is 0 Å². The van der Waals surface area contributed by atoms with Gasteiger partial charge in [0.05, 0.1) is 6.10 Å². The van der Waals surface area contributed by atoms with E-state index in [0.29, 0.717) is 0 Å². The van der Waals surface area contributed by atoms with Gasteiger partial charge in [0.2, 0.25) is 0 Å². The van der Waals surface area contributed by atoms with E-state index in [1.807, 2.05) is 0 Å². The Hall–Kier alpha value is -1.04. The van der Waals surface area contributed by atoms with Gasteiger partial charge in [0, 0.05) is 12.7 Å². The zero-order valence-corrected chi connectivity index (χ0v) is 7.81. The molecule has 0 bridgehead atoms. The van der Waals surface area contributed by atoms with Gasteiger partial charge in [-0.25, -0.2) is 4.39 Å². The van der Waals surface area contributed by atoms with Gasteiger partial charge in [0.25, 0.3) is 0 Å². The van der Waals surface area contributed by atoms with Crippen LogP contribution in [0.4, 0.5) is 4.39 Å². The molecule has 0 aliphatic rings. The van der Waals surface area contributed by atoms with Crippen molar-refractivity contribution < 1.29 is 14.6 Å². The summed E-state index contributed by atoms with van der Waals surface area (Å²) in [4.78, 5) is 3.67. The molecule has 5 heteroatoms. The number of hydrogen-bond donors (Lipinski definition) is 3. The van der Waals surface area contributed by atoms with Crippen LogP contribution in [-0.2, 0) is 0 Å². The monoisotopic (exact) mass is 200 g/mol. The first-order chi connectivity index (χ1) is 6.66. The van der Waals surface area contributed by atoms with E-state index in [1.54, 1.807) is 7.05 Å². The van der Waals surface area contributed by atoms with E-state index in [0.717, 1.165) is 0 Å². The fourth-order valence-electron chi connectivity index (χ4n) is 1.12. The fraction of sp³-hybridized carbons (Fsp3) is 0.444. The second-order valence-corrected chi connectivity index (χ2v) is 2.94. The lowest BCUT2D eigenvalue weighted by molar-refractivity contribution is 0.0154. The average molecular weight is 200 g/mol. The molecule has 78 valence electrons. The highest BCUT2D eigenvalue weighted by molar-refractivity contribution is 5.11. The Morgan fingerprint density at radius 1 is 1.57 bits per heavy atom. The topological polar surface area (TPSA) is 65.4 Å². The lowest BCUT2D eigenvalue weighted by Crippen LogP contribution is -2.30. The highest BCUT2D eigenvalue weighted by Gasteiger charge is 2.21. The first kappa shape index (κ1) is 11.0. The molecule has 3 N–H and O–H groups in total. The molecule has 0 fully saturated rings. The van der Waals surface area contributed by atoms with Crippen molar-refractivity contribution in [2.75, 3.05) is 13.6 Å². The van der Waals surface area contributed by atoms with Crippen molar-refractivity contribution in [1.29, 1.82) is 0 Å². The molecule has 0 amide bonds. The Balaban J connectivity index is 2.78. The van der Waals surface area contributed by atoms with Crippen molar-refractivity contribution in [2.45, 2.75) is 12.2 Å². The standard InChI is InChI=1S/C9H13FN2O2/c1-11-5-7(13)9(14)8-6(10)3-2-4-12-8/h2-4,7,9,11,13-14H,5H2,1H3. The van der Waals surface area contributed by atoms with Crippen LogP contribution in [0.5, 0.6) is 0 Å². The van der Waals surface area contributed by atoms with E-state index in [1.165, 1.54) is 18.3 Å². The molecule has 0 aromatic carbocycles. The number of aliphatic hydroxyl groups is 2. The van der Waals surface area contributed by atoms with Crippen molar-refractivity contribution in [3.8, 4) is 0 Å². The minimum atomic E-state index is -1.30. The summed E-state index contributed by atoms with van der Waals surface area (Å²) >= 11 is 0. The lowest BCUT2D eigenvalue weighted by Gasteiger charge is -2.16. The zero-order chi connectivity index (χ0) is 10.6. The molecule has 4 nitrogen and oxygen atoms in total. The van der Waals surface area contributed by atoms with Crippen molar-refractivity contribution in [3.63, 3.8) is 0 Å². The van der Waals surface area contributed by atoms with Crippen LogP contribution in [0.15, 0.2) is 18.3 Å². The normalized spacial score (nSPS) is 15.1. The van der Waals surface area contributed by atoms with E-state index < -0.39 is 18.0 Å². The molecule has 0 saturated carbocycles. The molecule has 14 heavy (non-hydrogen) atoms. The number of nitrogens with zero attached hydrogens (tertiary/aromatic N) is 1. The molecule has 2 atom stereocenters. The van der Waals surface area contributed by atoms with Gasteiger partial charge in [0.1, 0.15) is 17.6 Å². The summed E-state index contributed by atoms with van der Waals surface area (Å²) in [5.41, 5.74) is -0.129. The second-order valence-electron chi connectivity index (χ2n) is 2.94. The maximum absolute atomic E-state index is 13.1. The third-order valence-electron chi connectivity index (χ3n) is 1.84. The SMILES string of the molecule is CNCC(O)C(O)c1ncccc1F. The molecule has 0 spiro atoms. The lowest BCUT2D eigenvalue weighted by atomic mass is 10.1. The molecule has 0 radical (unpaired) electrons. The minimum Gasteiger partial charge on any atom is -0.389 e. The maximum Gasteiger partial charge on any atom is 0.147 e. The Kier molecular flexibility index (Phi) is 3.94. The first-order valence-corrected chi connectivity index (χ1v) is 4.28. The number of rotatable bonds is 4. The van der Waals surface area contributed by atoms with Gasteiger partial charge in [-0.2, -0.15) is 0 Å². The highest BCUT2D eigenvalue weighted by atomic mass is 19.1. The van der Waals surface area contributed by atoms with Crippen LogP contribution in [0.2, 0.25) is 0 Å². The van der Waals surface area contributed by atoms with E-state index in [2.05, 4.69) is 10.3 Å². The van der Waals surface area contributed by atoms with Crippen molar-refractivity contribution in [3.05, 3.63) is 29.8 Å². The van der Waals surface area contributed by atoms with E-state index in [9.17, 15) is 14.6 Å². The van der Waals surface area contributed by atoms with Crippen LogP contribution in [0, 0.1) is 5.82 Å². The largest absolute Gasteiger partial charge is 0.389 e. The molecular weight excluding hydrogens is 187 g/mol. The summed E-state index contributed by atoms with van der Waals surface area (Å²) in [6, 6.07) is 2.62. The molecule has 2 unspecified atom stereocenters. The number of nitrogens with one attached hydrogen (secondary N) is 1.